The van der Waals surface area contributed by atoms with Gasteiger partial charge in [-0.25, -0.2) is 0 Å². The van der Waals surface area contributed by atoms with Crippen LogP contribution in [0.15, 0.2) is 22.7 Å². The van der Waals surface area contributed by atoms with Crippen molar-refractivity contribution in [1.82, 2.24) is 0 Å². The van der Waals surface area contributed by atoms with Crippen molar-refractivity contribution < 1.29 is 17.9 Å². The first-order valence-electron chi connectivity index (χ1n) is 6.49. The van der Waals surface area contributed by atoms with Crippen LogP contribution in [-0.4, -0.2) is 12.4 Å². The molecule has 0 fully saturated rings. The van der Waals surface area contributed by atoms with E-state index in [1.165, 1.54) is 6.07 Å². The number of rotatable bonds is 6. The number of nitrogens with one attached hydrogen (secondary N) is 1. The number of benzene rings is 1. The lowest BCUT2D eigenvalue weighted by Gasteiger charge is -2.20. The van der Waals surface area contributed by atoms with Crippen LogP contribution < -0.4 is 10.1 Å². The molecule has 0 aliphatic heterocycles. The van der Waals surface area contributed by atoms with Crippen molar-refractivity contribution in [3.8, 4) is 5.75 Å². The van der Waals surface area contributed by atoms with Crippen molar-refractivity contribution in [2.45, 2.75) is 46.0 Å². The van der Waals surface area contributed by atoms with Crippen LogP contribution in [0.1, 0.15) is 33.6 Å². The van der Waals surface area contributed by atoms with Crippen LogP contribution >= 0.6 is 15.9 Å². The summed E-state index contributed by atoms with van der Waals surface area (Å²) in [5.74, 6) is 0.346. The fourth-order valence-electron chi connectivity index (χ4n) is 1.75. The maximum atomic E-state index is 12.4. The van der Waals surface area contributed by atoms with Crippen LogP contribution in [0.4, 0.5) is 18.9 Å². The quantitative estimate of drug-likeness (QED) is 0.720. The molecular formula is C14H19BrF3NO. The second-order valence-electron chi connectivity index (χ2n) is 5.20. The molecule has 114 valence electrons. The van der Waals surface area contributed by atoms with Gasteiger partial charge in [0.1, 0.15) is 0 Å². The topological polar surface area (TPSA) is 21.3 Å². The predicted octanol–water partition coefficient (Wildman–Crippen LogP) is 5.58. The Morgan fingerprint density at radius 3 is 2.40 bits per heavy atom. The molecule has 1 N–H and O–H groups in total. The van der Waals surface area contributed by atoms with Gasteiger partial charge in [-0.05, 0) is 43.9 Å². The van der Waals surface area contributed by atoms with Crippen molar-refractivity contribution in [1.29, 1.82) is 0 Å². The second-order valence-corrected chi connectivity index (χ2v) is 6.12. The summed E-state index contributed by atoms with van der Waals surface area (Å²) in [4.78, 5) is 0. The van der Waals surface area contributed by atoms with E-state index in [0.717, 1.165) is 12.8 Å². The normalized spacial score (nSPS) is 13.4. The zero-order valence-electron chi connectivity index (χ0n) is 11.7. The molecule has 20 heavy (non-hydrogen) atoms. The van der Waals surface area contributed by atoms with E-state index in [4.69, 9.17) is 0 Å². The van der Waals surface area contributed by atoms with Crippen molar-refractivity contribution in [2.24, 2.45) is 5.92 Å². The number of hydrogen-bond acceptors (Lipinski definition) is 2. The molecule has 0 spiro atoms. The highest BCUT2D eigenvalue weighted by molar-refractivity contribution is 9.10. The van der Waals surface area contributed by atoms with Gasteiger partial charge in [-0.3, -0.25) is 0 Å². The summed E-state index contributed by atoms with van der Waals surface area (Å²) >= 11 is 3.14. The Morgan fingerprint density at radius 2 is 1.85 bits per heavy atom. The van der Waals surface area contributed by atoms with Crippen LogP contribution in [0.3, 0.4) is 0 Å². The van der Waals surface area contributed by atoms with Crippen LogP contribution in [0.25, 0.3) is 0 Å². The van der Waals surface area contributed by atoms with Crippen molar-refractivity contribution in [2.75, 3.05) is 5.32 Å². The van der Waals surface area contributed by atoms with Crippen LogP contribution in [-0.2, 0) is 0 Å². The van der Waals surface area contributed by atoms with Gasteiger partial charge in [-0.1, -0.05) is 29.8 Å². The summed E-state index contributed by atoms with van der Waals surface area (Å²) in [6.07, 6.45) is -2.79. The molecule has 1 aromatic carbocycles. The Labute approximate surface area is 125 Å². The third-order valence-corrected chi connectivity index (χ3v) is 3.24. The average molecular weight is 354 g/mol. The molecule has 0 amide bonds. The zero-order valence-corrected chi connectivity index (χ0v) is 13.3. The highest BCUT2D eigenvalue weighted by Crippen LogP contribution is 2.33. The lowest BCUT2D eigenvalue weighted by Crippen LogP contribution is -2.20. The van der Waals surface area contributed by atoms with Crippen molar-refractivity contribution in [3.63, 3.8) is 0 Å². The van der Waals surface area contributed by atoms with Gasteiger partial charge in [-0.2, -0.15) is 0 Å². The minimum absolute atomic E-state index is 0.0779. The summed E-state index contributed by atoms with van der Waals surface area (Å²) in [5, 5.41) is 3.07. The molecule has 1 atom stereocenters. The molecule has 0 saturated heterocycles. The number of ether oxygens (including phenoxy) is 1. The Balaban J connectivity index is 2.78. The molecule has 1 unspecified atom stereocenters. The molecule has 0 bridgehead atoms. The molecular weight excluding hydrogens is 335 g/mol. The van der Waals surface area contributed by atoms with E-state index in [2.05, 4.69) is 39.8 Å². The molecule has 2 nitrogen and oxygen atoms in total. The minimum atomic E-state index is -4.70. The first kappa shape index (κ1) is 17.1. The summed E-state index contributed by atoms with van der Waals surface area (Å²) in [6.45, 7) is 6.18. The molecule has 0 aliphatic rings. The number of anilines is 1. The number of halogens is 4. The molecule has 0 aliphatic carbocycles. The third kappa shape index (κ3) is 6.50. The van der Waals surface area contributed by atoms with E-state index in [1.807, 2.05) is 6.92 Å². The zero-order chi connectivity index (χ0) is 15.3. The predicted molar refractivity (Wildman–Crippen MR) is 78.0 cm³/mol. The molecule has 1 rings (SSSR count). The highest BCUT2D eigenvalue weighted by atomic mass is 79.9. The Kier molecular flexibility index (Phi) is 6.17. The average Bonchev–Trinajstić information content (AvgIpc) is 2.28. The number of alkyl halides is 3. The van der Waals surface area contributed by atoms with Crippen LogP contribution in [0, 0.1) is 5.92 Å². The summed E-state index contributed by atoms with van der Waals surface area (Å²) < 4.78 is 41.7. The van der Waals surface area contributed by atoms with E-state index < -0.39 is 6.36 Å². The van der Waals surface area contributed by atoms with Crippen LogP contribution in [0.2, 0.25) is 0 Å². The standard InChI is InChI=1S/C14H19BrF3NO/c1-9(2)4-5-10(3)19-12-7-6-11(15)8-13(12)20-14(16,17)18/h6-10,19H,4-5H2,1-3H3. The first-order valence-corrected chi connectivity index (χ1v) is 7.28. The van der Waals surface area contributed by atoms with Gasteiger partial charge in [0.2, 0.25) is 0 Å². The largest absolute Gasteiger partial charge is 0.573 e. The Hall–Kier alpha value is -0.910. The smallest absolute Gasteiger partial charge is 0.404 e. The van der Waals surface area contributed by atoms with Crippen molar-refractivity contribution in [3.05, 3.63) is 22.7 Å². The SMILES string of the molecule is CC(C)CCC(C)Nc1ccc(Br)cc1OC(F)(F)F. The molecule has 0 radical (unpaired) electrons. The summed E-state index contributed by atoms with van der Waals surface area (Å²) in [7, 11) is 0. The van der Waals surface area contributed by atoms with E-state index in [9.17, 15) is 13.2 Å². The second kappa shape index (κ2) is 7.20. The molecule has 0 saturated carbocycles. The Bertz CT molecular complexity index is 435. The summed E-state index contributed by atoms with van der Waals surface area (Å²) in [6, 6.07) is 4.65. The van der Waals surface area contributed by atoms with Gasteiger partial charge in [0.05, 0.1) is 5.69 Å². The van der Waals surface area contributed by atoms with Gasteiger partial charge >= 0.3 is 6.36 Å². The number of hydrogen-bond donors (Lipinski definition) is 1. The van der Waals surface area contributed by atoms with Gasteiger partial charge in [-0.15, -0.1) is 13.2 Å². The van der Waals surface area contributed by atoms with Gasteiger partial charge < -0.3 is 10.1 Å². The molecule has 6 heteroatoms. The maximum absolute atomic E-state index is 12.4. The molecule has 0 aromatic heterocycles. The van der Waals surface area contributed by atoms with E-state index >= 15 is 0 Å². The van der Waals surface area contributed by atoms with Gasteiger partial charge in [0, 0.05) is 10.5 Å². The Morgan fingerprint density at radius 1 is 1.20 bits per heavy atom. The van der Waals surface area contributed by atoms with E-state index in [1.54, 1.807) is 12.1 Å². The van der Waals surface area contributed by atoms with Crippen molar-refractivity contribution >= 4 is 21.6 Å². The fourth-order valence-corrected chi connectivity index (χ4v) is 2.09. The van der Waals surface area contributed by atoms with Crippen LogP contribution in [0.5, 0.6) is 5.75 Å². The van der Waals surface area contributed by atoms with Gasteiger partial charge in [0.15, 0.2) is 5.75 Å². The monoisotopic (exact) mass is 353 g/mol. The van der Waals surface area contributed by atoms with E-state index in [-0.39, 0.29) is 11.8 Å². The molecule has 1 aromatic rings. The first-order chi connectivity index (χ1) is 9.17. The van der Waals surface area contributed by atoms with E-state index in [0.29, 0.717) is 16.1 Å². The minimum Gasteiger partial charge on any atom is -0.404 e. The highest BCUT2D eigenvalue weighted by Gasteiger charge is 2.32. The third-order valence-electron chi connectivity index (χ3n) is 2.75. The lowest BCUT2D eigenvalue weighted by molar-refractivity contribution is -0.274. The maximum Gasteiger partial charge on any atom is 0.573 e. The molecule has 0 heterocycles. The van der Waals surface area contributed by atoms with Gasteiger partial charge in [0.25, 0.3) is 0 Å². The lowest BCUT2D eigenvalue weighted by atomic mass is 10.0. The fraction of sp³-hybridized carbons (Fsp3) is 0.571. The summed E-state index contributed by atoms with van der Waals surface area (Å²) in [5.41, 5.74) is 0.349.